The Hall–Kier alpha value is -1.17. The Balaban J connectivity index is 2.00. The number of hydrogen-bond donors (Lipinski definition) is 1. The van der Waals surface area contributed by atoms with E-state index in [1.165, 1.54) is 0 Å². The Kier molecular flexibility index (Phi) is 2.62. The highest BCUT2D eigenvalue weighted by molar-refractivity contribution is 5.24. The molecule has 1 aliphatic heterocycles. The van der Waals surface area contributed by atoms with Gasteiger partial charge < -0.3 is 10.1 Å². The summed E-state index contributed by atoms with van der Waals surface area (Å²) in [6.45, 7) is 3.74. The molecule has 1 aromatic heterocycles. The summed E-state index contributed by atoms with van der Waals surface area (Å²) in [5.41, 5.74) is 0. The zero-order valence-corrected chi connectivity index (χ0v) is 8.47. The monoisotopic (exact) mass is 197 g/mol. The van der Waals surface area contributed by atoms with Crippen LogP contribution < -0.4 is 5.32 Å². The van der Waals surface area contributed by atoms with Crippen LogP contribution in [0.15, 0.2) is 0 Å². The van der Waals surface area contributed by atoms with E-state index in [1.54, 1.807) is 4.68 Å². The lowest BCUT2D eigenvalue weighted by Gasteiger charge is -2.16. The van der Waals surface area contributed by atoms with Crippen LogP contribution in [-0.2, 0) is 11.8 Å². The number of hydrogen-bond acceptors (Lipinski definition) is 5. The maximum Gasteiger partial charge on any atom is 0.242 e. The average Bonchev–Trinajstić information content (AvgIpc) is 2.77. The molecule has 2 rings (SSSR count). The van der Waals surface area contributed by atoms with Crippen molar-refractivity contribution in [3.63, 3.8) is 0 Å². The maximum absolute atomic E-state index is 5.41. The summed E-state index contributed by atoms with van der Waals surface area (Å²) >= 11 is 0. The van der Waals surface area contributed by atoms with Crippen molar-refractivity contribution in [2.75, 3.05) is 18.5 Å². The van der Waals surface area contributed by atoms with Gasteiger partial charge in [0.25, 0.3) is 0 Å². The van der Waals surface area contributed by atoms with Gasteiger partial charge in [0, 0.05) is 13.0 Å². The average molecular weight is 197 g/mol. The highest BCUT2D eigenvalue weighted by atomic mass is 16.5. The van der Waals surface area contributed by atoms with E-state index < -0.39 is 0 Å². The second-order valence-electron chi connectivity index (χ2n) is 3.58. The van der Waals surface area contributed by atoms with Crippen molar-refractivity contribution in [3.8, 4) is 0 Å². The second kappa shape index (κ2) is 3.91. The smallest absolute Gasteiger partial charge is 0.242 e. The number of nitrogens with one attached hydrogen (secondary N) is 1. The molecule has 1 fully saturated rings. The molecule has 1 N–H and O–H groups in total. The fraction of sp³-hybridized carbons (Fsp3) is 0.875. The van der Waals surface area contributed by atoms with Crippen molar-refractivity contribution >= 4 is 5.95 Å². The van der Waals surface area contributed by atoms with Crippen LogP contribution in [-0.4, -0.2) is 39.5 Å². The maximum atomic E-state index is 5.41. The van der Waals surface area contributed by atoms with Gasteiger partial charge in [-0.15, -0.1) is 0 Å². The lowest BCUT2D eigenvalue weighted by atomic mass is 10.0. The molecule has 6 heteroatoms. The minimum Gasteiger partial charge on any atom is -0.379 e. The first-order valence-electron chi connectivity index (χ1n) is 4.88. The zero-order chi connectivity index (χ0) is 9.97. The third kappa shape index (κ3) is 1.70. The number of nitrogens with zero attached hydrogens (tertiary/aromatic N) is 4. The minimum atomic E-state index is 0.338. The number of anilines is 1. The normalized spacial score (nSPS) is 26.7. The Morgan fingerprint density at radius 2 is 2.43 bits per heavy atom. The molecule has 1 saturated heterocycles. The molecule has 78 valence electrons. The summed E-state index contributed by atoms with van der Waals surface area (Å²) in [7, 11) is 1.82. The van der Waals surface area contributed by atoms with Crippen molar-refractivity contribution in [2.45, 2.75) is 19.4 Å². The molecule has 0 bridgehead atoms. The van der Waals surface area contributed by atoms with Gasteiger partial charge in [0.15, 0.2) is 0 Å². The van der Waals surface area contributed by atoms with E-state index in [2.05, 4.69) is 27.8 Å². The molecule has 2 atom stereocenters. The summed E-state index contributed by atoms with van der Waals surface area (Å²) in [5.74, 6) is 1.27. The van der Waals surface area contributed by atoms with Crippen LogP contribution in [0.1, 0.15) is 13.3 Å². The summed E-state index contributed by atoms with van der Waals surface area (Å²) in [6.07, 6.45) is 1.11. The zero-order valence-electron chi connectivity index (χ0n) is 8.47. The summed E-state index contributed by atoms with van der Waals surface area (Å²) in [4.78, 5) is 0. The van der Waals surface area contributed by atoms with Crippen LogP contribution in [0, 0.1) is 5.92 Å². The first-order chi connectivity index (χ1) is 6.81. The fourth-order valence-electron chi connectivity index (χ4n) is 1.68. The van der Waals surface area contributed by atoms with Gasteiger partial charge in [0.1, 0.15) is 0 Å². The Morgan fingerprint density at radius 3 is 3.07 bits per heavy atom. The van der Waals surface area contributed by atoms with Gasteiger partial charge in [0.2, 0.25) is 5.95 Å². The summed E-state index contributed by atoms with van der Waals surface area (Å²) in [6, 6.07) is 0.338. The van der Waals surface area contributed by atoms with Gasteiger partial charge in [-0.25, -0.2) is 4.68 Å². The molecule has 2 unspecified atom stereocenters. The third-order valence-corrected chi connectivity index (χ3v) is 2.66. The van der Waals surface area contributed by atoms with E-state index in [1.807, 2.05) is 7.05 Å². The van der Waals surface area contributed by atoms with Gasteiger partial charge in [-0.1, -0.05) is 12.0 Å². The van der Waals surface area contributed by atoms with Crippen LogP contribution >= 0.6 is 0 Å². The molecular weight excluding hydrogens is 182 g/mol. The van der Waals surface area contributed by atoms with Crippen LogP contribution in [0.5, 0.6) is 0 Å². The highest BCUT2D eigenvalue weighted by Crippen LogP contribution is 2.19. The number of aryl methyl sites for hydroxylation is 1. The standard InChI is InChI=1S/C8H15N5O/c1-3-6-4-14-5-7(6)9-8-10-11-12-13(8)2/h6-7H,3-5H2,1-2H3,(H,9,10,12). The van der Waals surface area contributed by atoms with Crippen molar-refractivity contribution in [3.05, 3.63) is 0 Å². The van der Waals surface area contributed by atoms with E-state index in [9.17, 15) is 0 Å². The van der Waals surface area contributed by atoms with Gasteiger partial charge in [-0.05, 0) is 16.8 Å². The predicted octanol–water partition coefficient (Wildman–Crippen LogP) is 0.0470. The Bertz CT molecular complexity index is 300. The molecule has 14 heavy (non-hydrogen) atoms. The number of aromatic nitrogens is 4. The largest absolute Gasteiger partial charge is 0.379 e. The molecule has 6 nitrogen and oxygen atoms in total. The summed E-state index contributed by atoms with van der Waals surface area (Å²) in [5, 5.41) is 14.5. The van der Waals surface area contributed by atoms with E-state index in [0.717, 1.165) is 19.6 Å². The fourth-order valence-corrected chi connectivity index (χ4v) is 1.68. The van der Waals surface area contributed by atoms with Gasteiger partial charge >= 0.3 is 0 Å². The van der Waals surface area contributed by atoms with Crippen LogP contribution in [0.4, 0.5) is 5.95 Å². The van der Waals surface area contributed by atoms with Crippen LogP contribution in [0.3, 0.4) is 0 Å². The highest BCUT2D eigenvalue weighted by Gasteiger charge is 2.27. The molecule has 0 saturated carbocycles. The Morgan fingerprint density at radius 1 is 1.57 bits per heavy atom. The number of ether oxygens (including phenoxy) is 1. The lowest BCUT2D eigenvalue weighted by molar-refractivity contribution is 0.184. The molecule has 0 amide bonds. The van der Waals surface area contributed by atoms with Crippen molar-refractivity contribution in [1.29, 1.82) is 0 Å². The van der Waals surface area contributed by atoms with E-state index in [4.69, 9.17) is 4.74 Å². The topological polar surface area (TPSA) is 64.9 Å². The third-order valence-electron chi connectivity index (χ3n) is 2.66. The molecule has 0 spiro atoms. The molecule has 0 aromatic carbocycles. The first-order valence-corrected chi connectivity index (χ1v) is 4.88. The molecule has 1 aliphatic rings. The summed E-state index contributed by atoms with van der Waals surface area (Å²) < 4.78 is 7.04. The van der Waals surface area contributed by atoms with Crippen molar-refractivity contribution in [2.24, 2.45) is 13.0 Å². The van der Waals surface area contributed by atoms with Gasteiger partial charge in [-0.2, -0.15) is 0 Å². The van der Waals surface area contributed by atoms with E-state index >= 15 is 0 Å². The molecular formula is C8H15N5O. The molecule has 1 aromatic rings. The predicted molar refractivity (Wildman–Crippen MR) is 50.8 cm³/mol. The van der Waals surface area contributed by atoms with Crippen molar-refractivity contribution in [1.82, 2.24) is 20.2 Å². The van der Waals surface area contributed by atoms with Gasteiger partial charge in [-0.3, -0.25) is 0 Å². The van der Waals surface area contributed by atoms with Crippen LogP contribution in [0.2, 0.25) is 0 Å². The Labute approximate surface area is 82.6 Å². The molecule has 2 heterocycles. The SMILES string of the molecule is CCC1COCC1Nc1nnnn1C. The van der Waals surface area contributed by atoms with Crippen LogP contribution in [0.25, 0.3) is 0 Å². The van der Waals surface area contributed by atoms with Gasteiger partial charge in [0.05, 0.1) is 19.3 Å². The minimum absolute atomic E-state index is 0.338. The first kappa shape index (κ1) is 9.39. The lowest BCUT2D eigenvalue weighted by Crippen LogP contribution is -2.28. The number of tetrazole rings is 1. The second-order valence-corrected chi connectivity index (χ2v) is 3.58. The van der Waals surface area contributed by atoms with E-state index in [-0.39, 0.29) is 0 Å². The molecule has 0 radical (unpaired) electrons. The quantitative estimate of drug-likeness (QED) is 0.741. The number of rotatable bonds is 3. The van der Waals surface area contributed by atoms with Crippen molar-refractivity contribution < 1.29 is 4.74 Å². The van der Waals surface area contributed by atoms with E-state index in [0.29, 0.717) is 17.9 Å². The molecule has 0 aliphatic carbocycles.